The first kappa shape index (κ1) is 26.9. The van der Waals surface area contributed by atoms with Crippen LogP contribution in [0.3, 0.4) is 0 Å². The summed E-state index contributed by atoms with van der Waals surface area (Å²) in [5, 5.41) is 19.3. The van der Waals surface area contributed by atoms with Gasteiger partial charge in [-0.3, -0.25) is 0 Å². The first-order valence-electron chi connectivity index (χ1n) is 11.1. The molecular weight excluding hydrogens is 404 g/mol. The molecule has 7 heteroatoms. The molecule has 6 nitrogen and oxygen atoms in total. The highest BCUT2D eigenvalue weighted by atomic mass is 32.2. The van der Waals surface area contributed by atoms with E-state index < -0.39 is 21.6 Å². The van der Waals surface area contributed by atoms with Gasteiger partial charge in [-0.1, -0.05) is 50.5 Å². The van der Waals surface area contributed by atoms with Crippen LogP contribution in [0.1, 0.15) is 71.1 Å². The van der Waals surface area contributed by atoms with Crippen molar-refractivity contribution in [2.75, 3.05) is 19.1 Å². The van der Waals surface area contributed by atoms with Gasteiger partial charge in [0, 0.05) is 12.7 Å². The molecule has 1 fully saturated rings. The molecule has 1 rings (SSSR count). The molecule has 0 aliphatic heterocycles. The molecule has 1 aliphatic rings. The van der Waals surface area contributed by atoms with Crippen LogP contribution in [-0.2, 0) is 19.4 Å². The summed E-state index contributed by atoms with van der Waals surface area (Å²) in [5.74, 6) is -2.49. The fourth-order valence-electron chi connectivity index (χ4n) is 4.25. The van der Waals surface area contributed by atoms with Gasteiger partial charge in [0.05, 0.1) is 12.9 Å². The Bertz CT molecular complexity index is 665. The van der Waals surface area contributed by atoms with Crippen LogP contribution in [0.4, 0.5) is 0 Å². The number of methoxy groups -OCH3 is 1. The zero-order chi connectivity index (χ0) is 22.6. The minimum Gasteiger partial charge on any atom is -0.465 e. The van der Waals surface area contributed by atoms with Crippen molar-refractivity contribution in [2.24, 2.45) is 17.8 Å². The number of unbranched alkanes of at least 4 members (excludes halogenated alkanes) is 4. The maximum absolute atomic E-state index is 11.8. The predicted molar refractivity (Wildman–Crippen MR) is 119 cm³/mol. The Kier molecular flexibility index (Phi) is 11.9. The molecule has 0 amide bonds. The lowest BCUT2D eigenvalue weighted by atomic mass is 9.87. The van der Waals surface area contributed by atoms with Crippen LogP contribution in [0.5, 0.6) is 0 Å². The fraction of sp³-hybridized carbons (Fsp3) is 0.783. The van der Waals surface area contributed by atoms with Crippen molar-refractivity contribution >= 4 is 15.8 Å². The summed E-state index contributed by atoms with van der Waals surface area (Å²) in [6, 6.07) is 0. The standard InChI is InChI=1S/C23H40O6S/c1-4-5-6-7-8-11-14-21-19(15-16-20(21)18-30(3,27)28)13-10-9-12-17-23(25,26)22(24)29-2/h9-11,14,19-21,25-26H,4-8,12-13,15-18H2,1-3H3/b10-9-,14-11+/t19-,20-,21+/m0/s1. The van der Waals surface area contributed by atoms with Gasteiger partial charge in [0.2, 0.25) is 0 Å². The first-order chi connectivity index (χ1) is 14.1. The minimum atomic E-state index is -3.01. The average molecular weight is 445 g/mol. The van der Waals surface area contributed by atoms with E-state index in [0.717, 1.165) is 32.8 Å². The van der Waals surface area contributed by atoms with Gasteiger partial charge >= 0.3 is 5.97 Å². The van der Waals surface area contributed by atoms with Gasteiger partial charge in [-0.25, -0.2) is 13.2 Å². The quantitative estimate of drug-likeness (QED) is 0.183. The molecule has 0 bridgehead atoms. The van der Waals surface area contributed by atoms with Crippen molar-refractivity contribution in [1.29, 1.82) is 0 Å². The van der Waals surface area contributed by atoms with E-state index in [1.165, 1.54) is 31.9 Å². The van der Waals surface area contributed by atoms with E-state index in [9.17, 15) is 23.4 Å². The molecule has 0 radical (unpaired) electrons. The van der Waals surface area contributed by atoms with E-state index >= 15 is 0 Å². The SMILES string of the molecule is CCCCCC/C=C/[C@@H]1[C@@H](C/C=C\CCC(O)(O)C(=O)OC)CC[C@H]1CS(C)(=O)=O. The predicted octanol–water partition coefficient (Wildman–Crippen LogP) is 3.78. The monoisotopic (exact) mass is 444 g/mol. The second-order valence-electron chi connectivity index (χ2n) is 8.60. The molecule has 0 aromatic rings. The Balaban J connectivity index is 2.61. The van der Waals surface area contributed by atoms with Crippen molar-refractivity contribution in [3.8, 4) is 0 Å². The van der Waals surface area contributed by atoms with E-state index in [4.69, 9.17) is 0 Å². The molecular formula is C23H40O6S. The Labute approximate surface area is 182 Å². The van der Waals surface area contributed by atoms with Crippen molar-refractivity contribution in [2.45, 2.75) is 76.9 Å². The lowest BCUT2D eigenvalue weighted by molar-refractivity contribution is -0.208. The number of rotatable bonds is 14. The highest BCUT2D eigenvalue weighted by Crippen LogP contribution is 2.41. The fourth-order valence-corrected chi connectivity index (χ4v) is 5.42. The topological polar surface area (TPSA) is 101 Å². The van der Waals surface area contributed by atoms with Crippen LogP contribution in [0, 0.1) is 17.8 Å². The highest BCUT2D eigenvalue weighted by molar-refractivity contribution is 7.90. The molecule has 0 spiro atoms. The molecule has 3 atom stereocenters. The van der Waals surface area contributed by atoms with Crippen LogP contribution in [0.15, 0.2) is 24.3 Å². The summed E-state index contributed by atoms with van der Waals surface area (Å²) < 4.78 is 28.0. The zero-order valence-electron chi connectivity index (χ0n) is 18.8. The number of allylic oxidation sites excluding steroid dienone is 4. The van der Waals surface area contributed by atoms with Gasteiger partial charge in [0.25, 0.3) is 5.79 Å². The van der Waals surface area contributed by atoms with Gasteiger partial charge in [0.15, 0.2) is 0 Å². The molecule has 1 aliphatic carbocycles. The van der Waals surface area contributed by atoms with E-state index in [1.807, 2.05) is 12.2 Å². The first-order valence-corrected chi connectivity index (χ1v) is 13.2. The van der Waals surface area contributed by atoms with Crippen molar-refractivity contribution < 1.29 is 28.2 Å². The summed E-state index contributed by atoms with van der Waals surface area (Å²) in [6.07, 6.45) is 18.4. The van der Waals surface area contributed by atoms with Crippen molar-refractivity contribution in [3.05, 3.63) is 24.3 Å². The highest BCUT2D eigenvalue weighted by Gasteiger charge is 2.35. The molecule has 0 unspecified atom stereocenters. The molecule has 0 saturated heterocycles. The van der Waals surface area contributed by atoms with Crippen LogP contribution < -0.4 is 0 Å². The van der Waals surface area contributed by atoms with Crippen LogP contribution in [0.2, 0.25) is 0 Å². The van der Waals surface area contributed by atoms with Crippen LogP contribution >= 0.6 is 0 Å². The number of carbonyl (C=O) groups excluding carboxylic acids is 1. The number of sulfone groups is 1. The van der Waals surface area contributed by atoms with Crippen LogP contribution in [0.25, 0.3) is 0 Å². The van der Waals surface area contributed by atoms with Crippen LogP contribution in [-0.4, -0.2) is 49.5 Å². The second kappa shape index (κ2) is 13.3. The summed E-state index contributed by atoms with van der Waals surface area (Å²) >= 11 is 0. The number of esters is 1. The molecule has 0 aromatic carbocycles. The molecule has 1 saturated carbocycles. The third kappa shape index (κ3) is 10.2. The van der Waals surface area contributed by atoms with Gasteiger partial charge < -0.3 is 14.9 Å². The Morgan fingerprint density at radius 1 is 1.07 bits per heavy atom. The summed E-state index contributed by atoms with van der Waals surface area (Å²) in [7, 11) is -1.90. The van der Waals surface area contributed by atoms with E-state index in [0.29, 0.717) is 12.3 Å². The number of carbonyl (C=O) groups is 1. The maximum Gasteiger partial charge on any atom is 0.366 e. The number of hydrogen-bond donors (Lipinski definition) is 2. The Hall–Kier alpha value is -1.18. The lowest BCUT2D eigenvalue weighted by Gasteiger charge is -2.21. The molecule has 0 heterocycles. The molecule has 30 heavy (non-hydrogen) atoms. The largest absolute Gasteiger partial charge is 0.465 e. The summed E-state index contributed by atoms with van der Waals surface area (Å²) in [4.78, 5) is 11.3. The zero-order valence-corrected chi connectivity index (χ0v) is 19.6. The second-order valence-corrected chi connectivity index (χ2v) is 10.8. The van der Waals surface area contributed by atoms with E-state index in [-0.39, 0.29) is 24.0 Å². The summed E-state index contributed by atoms with van der Waals surface area (Å²) in [6.45, 7) is 2.19. The van der Waals surface area contributed by atoms with Gasteiger partial charge in [-0.05, 0) is 56.3 Å². The van der Waals surface area contributed by atoms with Gasteiger partial charge in [-0.2, -0.15) is 0 Å². The average Bonchev–Trinajstić information content (AvgIpc) is 3.03. The van der Waals surface area contributed by atoms with Gasteiger partial charge in [0.1, 0.15) is 9.84 Å². The Morgan fingerprint density at radius 2 is 1.77 bits per heavy atom. The normalized spacial score (nSPS) is 22.9. The smallest absolute Gasteiger partial charge is 0.366 e. The summed E-state index contributed by atoms with van der Waals surface area (Å²) in [5.41, 5.74) is 0. The molecule has 174 valence electrons. The van der Waals surface area contributed by atoms with E-state index in [1.54, 1.807) is 0 Å². The number of aliphatic hydroxyl groups is 2. The van der Waals surface area contributed by atoms with Gasteiger partial charge in [-0.15, -0.1) is 0 Å². The number of ether oxygens (including phenoxy) is 1. The molecule has 2 N–H and O–H groups in total. The third-order valence-electron chi connectivity index (χ3n) is 5.87. The van der Waals surface area contributed by atoms with E-state index in [2.05, 4.69) is 23.8 Å². The molecule has 0 aromatic heterocycles. The third-order valence-corrected chi connectivity index (χ3v) is 6.91. The van der Waals surface area contributed by atoms with Crippen molar-refractivity contribution in [3.63, 3.8) is 0 Å². The maximum atomic E-state index is 11.8. The lowest BCUT2D eigenvalue weighted by Crippen LogP contribution is -2.39. The Morgan fingerprint density at radius 3 is 2.40 bits per heavy atom. The minimum absolute atomic E-state index is 0.126. The number of hydrogen-bond acceptors (Lipinski definition) is 6. The van der Waals surface area contributed by atoms with Crippen molar-refractivity contribution in [1.82, 2.24) is 0 Å².